The Labute approximate surface area is 127 Å². The van der Waals surface area contributed by atoms with Crippen LogP contribution in [0.3, 0.4) is 0 Å². The average Bonchev–Trinajstić information content (AvgIpc) is 2.73. The highest BCUT2D eigenvalue weighted by atomic mass is 79.9. The van der Waals surface area contributed by atoms with Gasteiger partial charge in [0.2, 0.25) is 5.91 Å². The lowest BCUT2D eigenvalue weighted by molar-refractivity contribution is -0.117. The lowest BCUT2D eigenvalue weighted by atomic mass is 10.1. The van der Waals surface area contributed by atoms with Gasteiger partial charge in [-0.15, -0.1) is 0 Å². The number of carbonyl (C=O) groups is 1. The molecule has 0 saturated carbocycles. The zero-order valence-electron chi connectivity index (χ0n) is 11.4. The van der Waals surface area contributed by atoms with E-state index in [9.17, 15) is 4.79 Å². The fourth-order valence-corrected chi connectivity index (χ4v) is 2.48. The predicted molar refractivity (Wildman–Crippen MR) is 80.8 cm³/mol. The van der Waals surface area contributed by atoms with Crippen LogP contribution >= 0.6 is 15.9 Å². The van der Waals surface area contributed by atoms with Crippen LogP contribution < -0.4 is 10.6 Å². The van der Waals surface area contributed by atoms with Crippen molar-refractivity contribution in [2.75, 3.05) is 38.8 Å². The minimum absolute atomic E-state index is 0.00148. The van der Waals surface area contributed by atoms with E-state index in [1.807, 2.05) is 18.2 Å². The topological polar surface area (TPSA) is 59.6 Å². The van der Waals surface area contributed by atoms with Crippen LogP contribution in [0.2, 0.25) is 0 Å². The van der Waals surface area contributed by atoms with Crippen LogP contribution in [0.25, 0.3) is 0 Å². The normalized spacial score (nSPS) is 17.1. The molecule has 0 bridgehead atoms. The van der Waals surface area contributed by atoms with E-state index in [2.05, 4.69) is 26.6 Å². The number of methoxy groups -OCH3 is 1. The van der Waals surface area contributed by atoms with E-state index in [1.165, 1.54) is 0 Å². The van der Waals surface area contributed by atoms with E-state index < -0.39 is 0 Å². The summed E-state index contributed by atoms with van der Waals surface area (Å²) in [5, 5.41) is 6.14. The van der Waals surface area contributed by atoms with Crippen molar-refractivity contribution >= 4 is 27.5 Å². The molecule has 110 valence electrons. The third-order valence-electron chi connectivity index (χ3n) is 3.09. The van der Waals surface area contributed by atoms with Crippen LogP contribution in [0.15, 0.2) is 22.7 Å². The highest BCUT2D eigenvalue weighted by Crippen LogP contribution is 2.32. The molecule has 2 rings (SSSR count). The average molecular weight is 343 g/mol. The Kier molecular flexibility index (Phi) is 5.97. The monoisotopic (exact) mass is 342 g/mol. The first-order valence-electron chi connectivity index (χ1n) is 6.62. The standard InChI is InChI=1S/C14H19BrN2O3/c1-19-7-8-20-6-2-5-16-13-11-9-10(15)3-4-12(11)17-14(13)18/h3-4,9,13,16H,2,5-8H2,1H3,(H,17,18). The molecular weight excluding hydrogens is 324 g/mol. The fourth-order valence-electron chi connectivity index (χ4n) is 2.10. The number of carbonyl (C=O) groups excluding carboxylic acids is 1. The summed E-state index contributed by atoms with van der Waals surface area (Å²) in [6.07, 6.45) is 0.858. The van der Waals surface area contributed by atoms with Crippen molar-refractivity contribution < 1.29 is 14.3 Å². The molecule has 0 spiro atoms. The van der Waals surface area contributed by atoms with Crippen molar-refractivity contribution in [3.8, 4) is 0 Å². The van der Waals surface area contributed by atoms with Crippen LogP contribution in [0.5, 0.6) is 0 Å². The largest absolute Gasteiger partial charge is 0.382 e. The molecule has 1 aliphatic rings. The molecule has 1 aliphatic heterocycles. The van der Waals surface area contributed by atoms with Crippen LogP contribution in [0.1, 0.15) is 18.0 Å². The highest BCUT2D eigenvalue weighted by molar-refractivity contribution is 9.10. The lowest BCUT2D eigenvalue weighted by Gasteiger charge is -2.11. The second-order valence-electron chi connectivity index (χ2n) is 4.57. The van der Waals surface area contributed by atoms with Crippen LogP contribution in [-0.4, -0.2) is 39.4 Å². The summed E-state index contributed by atoms with van der Waals surface area (Å²) in [4.78, 5) is 11.9. The van der Waals surface area contributed by atoms with Crippen molar-refractivity contribution in [3.63, 3.8) is 0 Å². The molecule has 0 fully saturated rings. The first kappa shape index (κ1) is 15.4. The van der Waals surface area contributed by atoms with Gasteiger partial charge in [-0.2, -0.15) is 0 Å². The smallest absolute Gasteiger partial charge is 0.246 e. The first-order valence-corrected chi connectivity index (χ1v) is 7.42. The second-order valence-corrected chi connectivity index (χ2v) is 5.48. The van der Waals surface area contributed by atoms with Gasteiger partial charge in [0.15, 0.2) is 0 Å². The van der Waals surface area contributed by atoms with E-state index >= 15 is 0 Å². The Morgan fingerprint density at radius 3 is 3.00 bits per heavy atom. The van der Waals surface area contributed by atoms with Gasteiger partial charge < -0.3 is 20.1 Å². The maximum atomic E-state index is 11.9. The summed E-state index contributed by atoms with van der Waals surface area (Å²) in [5.74, 6) is -0.00148. The molecule has 1 aromatic rings. The molecule has 6 heteroatoms. The quantitative estimate of drug-likeness (QED) is 0.710. The number of amides is 1. The van der Waals surface area contributed by atoms with Gasteiger partial charge in [0, 0.05) is 29.4 Å². The number of benzene rings is 1. The van der Waals surface area contributed by atoms with E-state index in [-0.39, 0.29) is 11.9 Å². The number of hydrogen-bond donors (Lipinski definition) is 2. The summed E-state index contributed by atoms with van der Waals surface area (Å²) in [6, 6.07) is 5.53. The Hall–Kier alpha value is -0.950. The van der Waals surface area contributed by atoms with Gasteiger partial charge in [0.1, 0.15) is 6.04 Å². The molecular formula is C14H19BrN2O3. The number of nitrogens with one attached hydrogen (secondary N) is 2. The summed E-state index contributed by atoms with van der Waals surface area (Å²) in [6.45, 7) is 2.61. The minimum Gasteiger partial charge on any atom is -0.382 e. The van der Waals surface area contributed by atoms with E-state index in [0.717, 1.165) is 28.7 Å². The van der Waals surface area contributed by atoms with Crippen molar-refractivity contribution in [3.05, 3.63) is 28.2 Å². The number of halogens is 1. The lowest BCUT2D eigenvalue weighted by Crippen LogP contribution is -2.28. The number of ether oxygens (including phenoxy) is 2. The molecule has 0 aliphatic carbocycles. The maximum absolute atomic E-state index is 11.9. The van der Waals surface area contributed by atoms with Crippen molar-refractivity contribution in [2.24, 2.45) is 0 Å². The number of anilines is 1. The molecule has 1 amide bonds. The van der Waals surface area contributed by atoms with Gasteiger partial charge in [0.05, 0.1) is 13.2 Å². The molecule has 1 aromatic carbocycles. The zero-order chi connectivity index (χ0) is 14.4. The third kappa shape index (κ3) is 4.02. The van der Waals surface area contributed by atoms with Gasteiger partial charge >= 0.3 is 0 Å². The van der Waals surface area contributed by atoms with Crippen LogP contribution in [0.4, 0.5) is 5.69 Å². The van der Waals surface area contributed by atoms with Gasteiger partial charge in [0.25, 0.3) is 0 Å². The van der Waals surface area contributed by atoms with E-state index in [1.54, 1.807) is 7.11 Å². The van der Waals surface area contributed by atoms with Crippen LogP contribution in [-0.2, 0) is 14.3 Å². The second kappa shape index (κ2) is 7.73. The maximum Gasteiger partial charge on any atom is 0.246 e. The number of fused-ring (bicyclic) bond motifs is 1. The Bertz CT molecular complexity index is 468. The summed E-state index contributed by atoms with van der Waals surface area (Å²) in [7, 11) is 1.65. The minimum atomic E-state index is -0.276. The SMILES string of the molecule is COCCOCCCNC1C(=O)Nc2ccc(Br)cc21. The summed E-state index contributed by atoms with van der Waals surface area (Å²) < 4.78 is 11.3. The molecule has 1 atom stereocenters. The fraction of sp³-hybridized carbons (Fsp3) is 0.500. The van der Waals surface area contributed by atoms with Crippen molar-refractivity contribution in [2.45, 2.75) is 12.5 Å². The molecule has 1 unspecified atom stereocenters. The van der Waals surface area contributed by atoms with Crippen molar-refractivity contribution in [1.82, 2.24) is 5.32 Å². The van der Waals surface area contributed by atoms with E-state index in [0.29, 0.717) is 19.8 Å². The molecule has 0 radical (unpaired) electrons. The zero-order valence-corrected chi connectivity index (χ0v) is 13.0. The van der Waals surface area contributed by atoms with E-state index in [4.69, 9.17) is 9.47 Å². The Balaban J connectivity index is 1.76. The molecule has 1 heterocycles. The molecule has 0 saturated heterocycles. The third-order valence-corrected chi connectivity index (χ3v) is 3.58. The molecule has 0 aromatic heterocycles. The number of rotatable bonds is 8. The van der Waals surface area contributed by atoms with Gasteiger partial charge in [-0.3, -0.25) is 4.79 Å². The molecule has 20 heavy (non-hydrogen) atoms. The Morgan fingerprint density at radius 1 is 1.35 bits per heavy atom. The van der Waals surface area contributed by atoms with Gasteiger partial charge in [-0.1, -0.05) is 15.9 Å². The highest BCUT2D eigenvalue weighted by Gasteiger charge is 2.29. The summed E-state index contributed by atoms with van der Waals surface area (Å²) >= 11 is 3.43. The van der Waals surface area contributed by atoms with Gasteiger partial charge in [-0.05, 0) is 31.2 Å². The molecule has 5 nitrogen and oxygen atoms in total. The van der Waals surface area contributed by atoms with Gasteiger partial charge in [-0.25, -0.2) is 0 Å². The van der Waals surface area contributed by atoms with Crippen molar-refractivity contribution in [1.29, 1.82) is 0 Å². The Morgan fingerprint density at radius 2 is 2.20 bits per heavy atom. The molecule has 2 N–H and O–H groups in total. The predicted octanol–water partition coefficient (Wildman–Crippen LogP) is 2.08. The van der Waals surface area contributed by atoms with Crippen LogP contribution in [0, 0.1) is 0 Å². The number of hydrogen-bond acceptors (Lipinski definition) is 4. The first-order chi connectivity index (χ1) is 9.72. The summed E-state index contributed by atoms with van der Waals surface area (Å²) in [5.41, 5.74) is 1.87.